The highest BCUT2D eigenvalue weighted by Gasteiger charge is 2.43. The first kappa shape index (κ1) is 25.0. The molecule has 4 heterocycles. The van der Waals surface area contributed by atoms with E-state index in [0.717, 1.165) is 24.1 Å². The van der Waals surface area contributed by atoms with E-state index in [1.54, 1.807) is 35.8 Å². The molecule has 0 radical (unpaired) electrons. The van der Waals surface area contributed by atoms with Gasteiger partial charge in [0.2, 0.25) is 5.91 Å². The molecule has 3 aromatic rings. The second-order valence-corrected chi connectivity index (χ2v) is 10.6. The van der Waals surface area contributed by atoms with Crippen LogP contribution in [0.15, 0.2) is 47.3 Å². The van der Waals surface area contributed by atoms with Gasteiger partial charge in [-0.2, -0.15) is 0 Å². The van der Waals surface area contributed by atoms with Crippen LogP contribution >= 0.6 is 0 Å². The van der Waals surface area contributed by atoms with Gasteiger partial charge >= 0.3 is 11.8 Å². The van der Waals surface area contributed by atoms with Crippen LogP contribution in [0.5, 0.6) is 5.75 Å². The zero-order valence-electron chi connectivity index (χ0n) is 21.9. The second kappa shape index (κ2) is 9.48. The molecule has 11 nitrogen and oxygen atoms in total. The molecule has 2 bridgehead atoms. The third kappa shape index (κ3) is 4.03. The number of methoxy groups -OCH3 is 1. The summed E-state index contributed by atoms with van der Waals surface area (Å²) in [5.74, 6) is 0.0337. The SMILES string of the molecule is COc1ccc(CN2C(=O)CCC(n3c(=O)n(C)c4c(N5C[C@H]6CC[C@@H](C5)N6C(=O)O)cccc43)C2=O)cc1. The minimum atomic E-state index is -0.886. The Balaban J connectivity index is 1.34. The minimum absolute atomic E-state index is 0.0898. The van der Waals surface area contributed by atoms with Gasteiger partial charge in [-0.05, 0) is 49.1 Å². The van der Waals surface area contributed by atoms with E-state index in [0.29, 0.717) is 29.9 Å². The van der Waals surface area contributed by atoms with Crippen LogP contribution < -0.4 is 15.3 Å². The quantitative estimate of drug-likeness (QED) is 0.501. The van der Waals surface area contributed by atoms with Gasteiger partial charge in [0, 0.05) is 26.6 Å². The highest BCUT2D eigenvalue weighted by Crippen LogP contribution is 2.36. The molecular formula is C28H31N5O6. The van der Waals surface area contributed by atoms with E-state index in [1.165, 1.54) is 9.47 Å². The van der Waals surface area contributed by atoms with Crippen LogP contribution in [-0.2, 0) is 23.2 Å². The summed E-state index contributed by atoms with van der Waals surface area (Å²) in [6.07, 6.45) is 1.16. The van der Waals surface area contributed by atoms with Gasteiger partial charge < -0.3 is 14.7 Å². The number of hydrogen-bond acceptors (Lipinski definition) is 6. The first-order chi connectivity index (χ1) is 18.8. The van der Waals surface area contributed by atoms with Crippen LogP contribution in [0.3, 0.4) is 0 Å². The summed E-state index contributed by atoms with van der Waals surface area (Å²) in [7, 11) is 3.27. The van der Waals surface area contributed by atoms with Crippen molar-refractivity contribution in [2.45, 2.75) is 50.4 Å². The molecule has 11 heteroatoms. The number of aryl methyl sites for hydroxylation is 1. The Labute approximate surface area is 224 Å². The fourth-order valence-electron chi connectivity index (χ4n) is 6.53. The maximum absolute atomic E-state index is 13.7. The molecule has 1 N–H and O–H groups in total. The number of carboxylic acid groups (broad SMARTS) is 1. The van der Waals surface area contributed by atoms with Gasteiger partial charge in [-0.1, -0.05) is 18.2 Å². The van der Waals surface area contributed by atoms with Crippen molar-refractivity contribution in [3.8, 4) is 5.75 Å². The molecular weight excluding hydrogens is 502 g/mol. The van der Waals surface area contributed by atoms with Gasteiger partial charge in [0.1, 0.15) is 11.8 Å². The van der Waals surface area contributed by atoms with Crippen molar-refractivity contribution in [3.05, 3.63) is 58.5 Å². The number of hydrogen-bond donors (Lipinski definition) is 1. The minimum Gasteiger partial charge on any atom is -0.497 e. The van der Waals surface area contributed by atoms with Gasteiger partial charge in [-0.15, -0.1) is 0 Å². The summed E-state index contributed by atoms with van der Waals surface area (Å²) < 4.78 is 8.28. The molecule has 3 saturated heterocycles. The number of carbonyl (C=O) groups excluding carboxylic acids is 2. The van der Waals surface area contributed by atoms with E-state index >= 15 is 0 Å². The van der Waals surface area contributed by atoms with Crippen LogP contribution in [0.4, 0.5) is 10.5 Å². The van der Waals surface area contributed by atoms with Crippen molar-refractivity contribution in [2.75, 3.05) is 25.1 Å². The number of likely N-dealkylation sites (tertiary alicyclic amines) is 1. The van der Waals surface area contributed by atoms with Crippen LogP contribution in [-0.4, -0.2) is 74.2 Å². The molecule has 3 aliphatic rings. The molecule has 6 rings (SSSR count). The van der Waals surface area contributed by atoms with E-state index in [-0.39, 0.29) is 43.1 Å². The number of anilines is 1. The number of fused-ring (bicyclic) bond motifs is 3. The molecule has 0 aliphatic carbocycles. The lowest BCUT2D eigenvalue weighted by molar-refractivity contribution is -0.151. The summed E-state index contributed by atoms with van der Waals surface area (Å²) in [6, 6.07) is 11.9. The Morgan fingerprint density at radius 3 is 2.33 bits per heavy atom. The van der Waals surface area contributed by atoms with Gasteiger partial charge in [0.05, 0.1) is 42.5 Å². The Kier molecular flexibility index (Phi) is 6.08. The second-order valence-electron chi connectivity index (χ2n) is 10.6. The number of amides is 3. The van der Waals surface area contributed by atoms with Crippen LogP contribution in [0, 0.1) is 0 Å². The topological polar surface area (TPSA) is 117 Å². The number of nitrogens with zero attached hydrogens (tertiary/aromatic N) is 5. The van der Waals surface area contributed by atoms with Crippen molar-refractivity contribution >= 4 is 34.6 Å². The Morgan fingerprint density at radius 2 is 1.69 bits per heavy atom. The van der Waals surface area contributed by atoms with Crippen molar-refractivity contribution in [3.63, 3.8) is 0 Å². The summed E-state index contributed by atoms with van der Waals surface area (Å²) in [4.78, 5) is 56.8. The Morgan fingerprint density at radius 1 is 1.00 bits per heavy atom. The molecule has 1 aromatic heterocycles. The van der Waals surface area contributed by atoms with E-state index in [2.05, 4.69) is 4.90 Å². The molecule has 0 saturated carbocycles. The number of rotatable bonds is 5. The summed E-state index contributed by atoms with van der Waals surface area (Å²) in [6.45, 7) is 1.22. The summed E-state index contributed by atoms with van der Waals surface area (Å²) >= 11 is 0. The molecule has 39 heavy (non-hydrogen) atoms. The van der Waals surface area contributed by atoms with E-state index < -0.39 is 18.0 Å². The Hall–Kier alpha value is -4.28. The average Bonchev–Trinajstić information content (AvgIpc) is 3.36. The van der Waals surface area contributed by atoms with Gasteiger partial charge in [0.25, 0.3) is 5.91 Å². The molecule has 3 amide bonds. The predicted molar refractivity (Wildman–Crippen MR) is 143 cm³/mol. The number of imidazole rings is 1. The highest BCUT2D eigenvalue weighted by atomic mass is 16.5. The third-order valence-electron chi connectivity index (χ3n) is 8.42. The predicted octanol–water partition coefficient (Wildman–Crippen LogP) is 2.57. The largest absolute Gasteiger partial charge is 0.497 e. The third-order valence-corrected chi connectivity index (χ3v) is 8.42. The first-order valence-electron chi connectivity index (χ1n) is 13.2. The van der Waals surface area contributed by atoms with E-state index in [4.69, 9.17) is 4.74 Å². The van der Waals surface area contributed by atoms with Crippen LogP contribution in [0.25, 0.3) is 11.0 Å². The number of piperazine rings is 1. The smallest absolute Gasteiger partial charge is 0.407 e. The van der Waals surface area contributed by atoms with Crippen LogP contribution in [0.2, 0.25) is 0 Å². The number of para-hydroxylation sites is 1. The van der Waals surface area contributed by atoms with E-state index in [1.807, 2.05) is 30.3 Å². The monoisotopic (exact) mass is 533 g/mol. The zero-order valence-corrected chi connectivity index (χ0v) is 21.9. The zero-order chi connectivity index (χ0) is 27.4. The fourth-order valence-corrected chi connectivity index (χ4v) is 6.53. The lowest BCUT2D eigenvalue weighted by atomic mass is 10.0. The summed E-state index contributed by atoms with van der Waals surface area (Å²) in [5, 5.41) is 9.65. The van der Waals surface area contributed by atoms with Crippen LogP contribution in [0.1, 0.15) is 37.3 Å². The molecule has 3 aliphatic heterocycles. The molecule has 2 aromatic carbocycles. The first-order valence-corrected chi connectivity index (χ1v) is 13.2. The number of benzene rings is 2. The maximum Gasteiger partial charge on any atom is 0.407 e. The lowest BCUT2D eigenvalue weighted by Crippen LogP contribution is -2.55. The standard InChI is InChI=1S/C28H31N5O6/c1-29-25-21(30-15-18-8-9-19(16-30)32(18)28(37)38)4-3-5-22(25)33(27(29)36)23-12-13-24(34)31(26(23)35)14-17-6-10-20(39-2)11-7-17/h3-7,10-11,18-19,23H,8-9,12-16H2,1-2H3,(H,37,38)/t18-,19+,23?. The number of carbonyl (C=O) groups is 3. The van der Waals surface area contributed by atoms with Gasteiger partial charge in [-0.3, -0.25) is 28.5 Å². The molecule has 3 fully saturated rings. The van der Waals surface area contributed by atoms with Crippen molar-refractivity contribution in [1.29, 1.82) is 0 Å². The van der Waals surface area contributed by atoms with E-state index in [9.17, 15) is 24.3 Å². The average molecular weight is 534 g/mol. The van der Waals surface area contributed by atoms with Crippen molar-refractivity contribution in [1.82, 2.24) is 18.9 Å². The Bertz CT molecular complexity index is 1510. The van der Waals surface area contributed by atoms with Crippen molar-refractivity contribution < 1.29 is 24.2 Å². The fraction of sp³-hybridized carbons (Fsp3) is 0.429. The summed E-state index contributed by atoms with van der Waals surface area (Å²) in [5.41, 5.74) is 2.66. The van der Waals surface area contributed by atoms with Gasteiger partial charge in [0.15, 0.2) is 0 Å². The number of imide groups is 1. The molecule has 0 spiro atoms. The normalized spacial score (nSPS) is 23.1. The van der Waals surface area contributed by atoms with Crippen molar-refractivity contribution in [2.24, 2.45) is 7.05 Å². The lowest BCUT2D eigenvalue weighted by Gasteiger charge is -2.40. The molecule has 1 unspecified atom stereocenters. The molecule has 3 atom stereocenters. The molecule has 204 valence electrons. The number of aromatic nitrogens is 2. The number of piperidine rings is 1. The maximum atomic E-state index is 13.7. The highest BCUT2D eigenvalue weighted by molar-refractivity contribution is 6.00. The van der Waals surface area contributed by atoms with Gasteiger partial charge in [-0.25, -0.2) is 9.59 Å². The number of ether oxygens (including phenoxy) is 1.